The summed E-state index contributed by atoms with van der Waals surface area (Å²) >= 11 is 0. The molecule has 1 atom stereocenters. The maximum atomic E-state index is 13.7. The third-order valence-electron chi connectivity index (χ3n) is 3.14. The number of carboxylic acids is 1. The zero-order chi connectivity index (χ0) is 15.3. The largest absolute Gasteiger partial charge is 0.494 e. The van der Waals surface area contributed by atoms with Crippen LogP contribution < -0.4 is 4.74 Å². The van der Waals surface area contributed by atoms with Crippen molar-refractivity contribution in [2.24, 2.45) is 5.92 Å². The highest BCUT2D eigenvalue weighted by molar-refractivity contribution is 5.69. The number of aliphatic carboxylic acids is 1. The van der Waals surface area contributed by atoms with Crippen LogP contribution in [0.5, 0.6) is 5.75 Å². The molecule has 1 rings (SSSR count). The van der Waals surface area contributed by atoms with Crippen LogP contribution in [0.2, 0.25) is 0 Å². The van der Waals surface area contributed by atoms with Crippen LogP contribution in [-0.2, 0) is 4.79 Å². The summed E-state index contributed by atoms with van der Waals surface area (Å²) in [6.07, 6.45) is 0. The average Bonchev–Trinajstić information content (AvgIpc) is 2.35. The fourth-order valence-electron chi connectivity index (χ4n) is 2.16. The Morgan fingerprint density at radius 2 is 2.05 bits per heavy atom. The van der Waals surface area contributed by atoms with Crippen LogP contribution in [0.15, 0.2) is 18.2 Å². The molecule has 1 N–H and O–H groups in total. The Hall–Kier alpha value is -1.62. The summed E-state index contributed by atoms with van der Waals surface area (Å²) in [7, 11) is 1.41. The van der Waals surface area contributed by atoms with Crippen molar-refractivity contribution in [1.82, 2.24) is 4.90 Å². The van der Waals surface area contributed by atoms with Gasteiger partial charge in [-0.15, -0.1) is 0 Å². The first-order valence-corrected chi connectivity index (χ1v) is 6.64. The van der Waals surface area contributed by atoms with Crippen molar-refractivity contribution in [3.8, 4) is 5.75 Å². The number of benzene rings is 1. The average molecular weight is 283 g/mol. The predicted molar refractivity (Wildman–Crippen MR) is 75.4 cm³/mol. The molecule has 0 bridgehead atoms. The number of rotatable bonds is 7. The second-order valence-electron chi connectivity index (χ2n) is 5.29. The smallest absolute Gasteiger partial charge is 0.317 e. The third kappa shape index (κ3) is 4.49. The molecule has 0 spiro atoms. The van der Waals surface area contributed by atoms with E-state index in [1.807, 2.05) is 25.7 Å². The highest BCUT2D eigenvalue weighted by Crippen LogP contribution is 2.25. The molecule has 1 unspecified atom stereocenters. The summed E-state index contributed by atoms with van der Waals surface area (Å²) in [4.78, 5) is 12.8. The topological polar surface area (TPSA) is 49.8 Å². The third-order valence-corrected chi connectivity index (χ3v) is 3.14. The molecule has 0 amide bonds. The SMILES string of the molecule is COc1ccc(C(C)N(CC(=O)O)CC(C)C)cc1F. The number of methoxy groups -OCH3 is 1. The van der Waals surface area contributed by atoms with Crippen molar-refractivity contribution >= 4 is 5.97 Å². The Morgan fingerprint density at radius 3 is 2.50 bits per heavy atom. The summed E-state index contributed by atoms with van der Waals surface area (Å²) in [6, 6.07) is 4.56. The second kappa shape index (κ2) is 7.24. The molecule has 0 radical (unpaired) electrons. The van der Waals surface area contributed by atoms with E-state index in [1.165, 1.54) is 13.2 Å². The molecule has 0 aromatic heterocycles. The normalized spacial score (nSPS) is 12.8. The molecular formula is C15H22FNO3. The van der Waals surface area contributed by atoms with Gasteiger partial charge in [-0.05, 0) is 30.5 Å². The molecule has 0 saturated carbocycles. The van der Waals surface area contributed by atoms with Gasteiger partial charge in [0.25, 0.3) is 0 Å². The van der Waals surface area contributed by atoms with Crippen LogP contribution >= 0.6 is 0 Å². The number of ether oxygens (including phenoxy) is 1. The minimum Gasteiger partial charge on any atom is -0.494 e. The highest BCUT2D eigenvalue weighted by Gasteiger charge is 2.20. The van der Waals surface area contributed by atoms with E-state index in [0.29, 0.717) is 12.5 Å². The number of nitrogens with zero attached hydrogens (tertiary/aromatic N) is 1. The van der Waals surface area contributed by atoms with E-state index in [4.69, 9.17) is 9.84 Å². The monoisotopic (exact) mass is 283 g/mol. The van der Waals surface area contributed by atoms with Gasteiger partial charge in [-0.3, -0.25) is 9.69 Å². The first-order chi connectivity index (χ1) is 9.35. The first kappa shape index (κ1) is 16.4. The lowest BCUT2D eigenvalue weighted by Crippen LogP contribution is -2.35. The lowest BCUT2D eigenvalue weighted by atomic mass is 10.0. The molecule has 0 aliphatic heterocycles. The van der Waals surface area contributed by atoms with Crippen LogP contribution in [0.25, 0.3) is 0 Å². The Labute approximate surface area is 119 Å². The summed E-state index contributed by atoms with van der Waals surface area (Å²) < 4.78 is 18.6. The molecule has 1 aromatic carbocycles. The minimum atomic E-state index is -0.883. The van der Waals surface area contributed by atoms with E-state index < -0.39 is 11.8 Å². The number of hydrogen-bond donors (Lipinski definition) is 1. The number of carbonyl (C=O) groups is 1. The van der Waals surface area contributed by atoms with Gasteiger partial charge in [0.15, 0.2) is 11.6 Å². The van der Waals surface area contributed by atoms with Crippen molar-refractivity contribution in [2.75, 3.05) is 20.2 Å². The van der Waals surface area contributed by atoms with Crippen LogP contribution in [0.4, 0.5) is 4.39 Å². The standard InChI is InChI=1S/C15H22FNO3/c1-10(2)8-17(9-15(18)19)11(3)12-5-6-14(20-4)13(16)7-12/h5-7,10-11H,8-9H2,1-4H3,(H,18,19). The van der Waals surface area contributed by atoms with Crippen molar-refractivity contribution in [1.29, 1.82) is 0 Å². The molecule has 0 aliphatic carbocycles. The van der Waals surface area contributed by atoms with E-state index in [0.717, 1.165) is 5.56 Å². The predicted octanol–water partition coefficient (Wildman–Crippen LogP) is 2.94. The van der Waals surface area contributed by atoms with Gasteiger partial charge in [0.1, 0.15) is 0 Å². The molecule has 20 heavy (non-hydrogen) atoms. The Kier molecular flexibility index (Phi) is 5.95. The van der Waals surface area contributed by atoms with Crippen LogP contribution in [0.1, 0.15) is 32.4 Å². The van der Waals surface area contributed by atoms with Gasteiger partial charge < -0.3 is 9.84 Å². The van der Waals surface area contributed by atoms with Gasteiger partial charge >= 0.3 is 5.97 Å². The molecular weight excluding hydrogens is 261 g/mol. The first-order valence-electron chi connectivity index (χ1n) is 6.64. The fourth-order valence-corrected chi connectivity index (χ4v) is 2.16. The highest BCUT2D eigenvalue weighted by atomic mass is 19.1. The molecule has 0 fully saturated rings. The lowest BCUT2D eigenvalue weighted by Gasteiger charge is -2.29. The van der Waals surface area contributed by atoms with E-state index >= 15 is 0 Å². The maximum Gasteiger partial charge on any atom is 0.317 e. The molecule has 0 heterocycles. The van der Waals surface area contributed by atoms with Crippen LogP contribution in [0.3, 0.4) is 0 Å². The molecule has 0 saturated heterocycles. The van der Waals surface area contributed by atoms with Crippen molar-refractivity contribution in [3.05, 3.63) is 29.6 Å². The maximum absolute atomic E-state index is 13.7. The Balaban J connectivity index is 2.95. The number of carboxylic acid groups (broad SMARTS) is 1. The number of hydrogen-bond acceptors (Lipinski definition) is 3. The second-order valence-corrected chi connectivity index (χ2v) is 5.29. The lowest BCUT2D eigenvalue weighted by molar-refractivity contribution is -0.139. The van der Waals surface area contributed by atoms with Gasteiger partial charge in [0.05, 0.1) is 13.7 Å². The summed E-state index contributed by atoms with van der Waals surface area (Å²) in [5.74, 6) is -0.794. The quantitative estimate of drug-likeness (QED) is 0.836. The van der Waals surface area contributed by atoms with Gasteiger partial charge in [0.2, 0.25) is 0 Å². The van der Waals surface area contributed by atoms with Crippen LogP contribution in [0, 0.1) is 11.7 Å². The van der Waals surface area contributed by atoms with Crippen molar-refractivity contribution in [3.63, 3.8) is 0 Å². The zero-order valence-corrected chi connectivity index (χ0v) is 12.4. The van der Waals surface area contributed by atoms with Gasteiger partial charge in [-0.1, -0.05) is 19.9 Å². The number of halogens is 1. The Bertz CT molecular complexity index is 462. The van der Waals surface area contributed by atoms with Gasteiger partial charge in [-0.2, -0.15) is 0 Å². The fraction of sp³-hybridized carbons (Fsp3) is 0.533. The van der Waals surface area contributed by atoms with Gasteiger partial charge in [0, 0.05) is 12.6 Å². The van der Waals surface area contributed by atoms with E-state index in [2.05, 4.69) is 0 Å². The van der Waals surface area contributed by atoms with E-state index in [1.54, 1.807) is 12.1 Å². The molecule has 5 heteroatoms. The molecule has 0 aliphatic rings. The Morgan fingerprint density at radius 1 is 1.40 bits per heavy atom. The summed E-state index contributed by atoms with van der Waals surface area (Å²) in [6.45, 7) is 6.51. The molecule has 4 nitrogen and oxygen atoms in total. The van der Waals surface area contributed by atoms with Crippen molar-refractivity contribution < 1.29 is 19.0 Å². The molecule has 1 aromatic rings. The van der Waals surface area contributed by atoms with E-state index in [-0.39, 0.29) is 18.3 Å². The summed E-state index contributed by atoms with van der Waals surface area (Å²) in [5.41, 5.74) is 0.741. The minimum absolute atomic E-state index is 0.0625. The molecule has 112 valence electrons. The summed E-state index contributed by atoms with van der Waals surface area (Å²) in [5, 5.41) is 8.99. The van der Waals surface area contributed by atoms with Crippen LogP contribution in [-0.4, -0.2) is 36.2 Å². The zero-order valence-electron chi connectivity index (χ0n) is 12.4. The van der Waals surface area contributed by atoms with E-state index in [9.17, 15) is 9.18 Å². The van der Waals surface area contributed by atoms with Crippen molar-refractivity contribution in [2.45, 2.75) is 26.8 Å². The van der Waals surface area contributed by atoms with Gasteiger partial charge in [-0.25, -0.2) is 4.39 Å².